The van der Waals surface area contributed by atoms with Crippen LogP contribution in [0, 0.1) is 0 Å². The Balaban J connectivity index is 2.86. The van der Waals surface area contributed by atoms with Crippen LogP contribution in [0.3, 0.4) is 0 Å². The van der Waals surface area contributed by atoms with E-state index in [0.29, 0.717) is 0 Å². The second kappa shape index (κ2) is 3.61. The van der Waals surface area contributed by atoms with Crippen molar-refractivity contribution in [3.8, 4) is 0 Å². The number of hydrogen-bond donors (Lipinski definition) is 0. The number of pyridine rings is 1. The summed E-state index contributed by atoms with van der Waals surface area (Å²) in [6.45, 7) is 0. The van der Waals surface area contributed by atoms with Crippen LogP contribution in [-0.2, 0) is 9.53 Å². The van der Waals surface area contributed by atoms with Crippen molar-refractivity contribution in [2.24, 2.45) is 0 Å². The molecule has 0 unspecified atom stereocenters. The monoisotopic (exact) mass is 165 g/mol. The van der Waals surface area contributed by atoms with Crippen molar-refractivity contribution in [2.45, 2.75) is 0 Å². The lowest BCUT2D eigenvalue weighted by Gasteiger charge is -1.96. The highest BCUT2D eigenvalue weighted by molar-refractivity contribution is 6.40. The quantitative estimate of drug-likeness (QED) is 0.362. The van der Waals surface area contributed by atoms with Gasteiger partial charge < -0.3 is 4.74 Å². The maximum atomic E-state index is 11.1. The van der Waals surface area contributed by atoms with Crippen LogP contribution in [-0.4, -0.2) is 23.8 Å². The van der Waals surface area contributed by atoms with Crippen molar-refractivity contribution < 1.29 is 14.3 Å². The number of ether oxygens (including phenoxy) is 1. The number of carbonyl (C=O) groups excluding carboxylic acids is 2. The Bertz CT molecular complexity index is 294. The number of hydrogen-bond acceptors (Lipinski definition) is 4. The Morgan fingerprint density at radius 1 is 1.50 bits per heavy atom. The molecule has 0 N–H and O–H groups in total. The van der Waals surface area contributed by atoms with Gasteiger partial charge in [0.15, 0.2) is 0 Å². The molecule has 0 aliphatic carbocycles. The molecule has 0 amide bonds. The predicted octanol–water partition coefficient (Wildman–Crippen LogP) is 0.437. The van der Waals surface area contributed by atoms with Gasteiger partial charge in [-0.15, -0.1) is 0 Å². The summed E-state index contributed by atoms with van der Waals surface area (Å²) in [5.74, 6) is -1.55. The van der Waals surface area contributed by atoms with Crippen molar-refractivity contribution >= 4 is 11.8 Å². The summed E-state index contributed by atoms with van der Waals surface area (Å²) in [6.07, 6.45) is 2.84. The number of nitrogens with zero attached hydrogens (tertiary/aromatic N) is 1. The van der Waals surface area contributed by atoms with Gasteiger partial charge in [-0.05, 0) is 12.1 Å². The molecule has 4 nitrogen and oxygen atoms in total. The van der Waals surface area contributed by atoms with Crippen LogP contribution in [0.25, 0.3) is 0 Å². The SMILES string of the molecule is COC(=O)C(=O)c1cccnc1. The third-order valence-electron chi connectivity index (χ3n) is 1.29. The van der Waals surface area contributed by atoms with Gasteiger partial charge in [0.05, 0.1) is 7.11 Å². The molecule has 12 heavy (non-hydrogen) atoms. The van der Waals surface area contributed by atoms with Crippen LogP contribution in [0.1, 0.15) is 10.4 Å². The highest BCUT2D eigenvalue weighted by Crippen LogP contribution is 1.98. The van der Waals surface area contributed by atoms with Crippen LogP contribution in [0.2, 0.25) is 0 Å². The van der Waals surface area contributed by atoms with Gasteiger partial charge in [0.1, 0.15) is 0 Å². The van der Waals surface area contributed by atoms with Crippen molar-refractivity contribution in [3.63, 3.8) is 0 Å². The molecule has 4 heteroatoms. The zero-order valence-electron chi connectivity index (χ0n) is 6.48. The van der Waals surface area contributed by atoms with Gasteiger partial charge >= 0.3 is 5.97 Å². The van der Waals surface area contributed by atoms with Crippen molar-refractivity contribution in [1.82, 2.24) is 4.98 Å². The number of ketones is 1. The first-order valence-electron chi connectivity index (χ1n) is 3.28. The average molecular weight is 165 g/mol. The molecule has 0 saturated heterocycles. The lowest BCUT2D eigenvalue weighted by molar-refractivity contribution is -0.135. The minimum Gasteiger partial charge on any atom is -0.463 e. The van der Waals surface area contributed by atoms with E-state index in [0.717, 1.165) is 7.11 Å². The summed E-state index contributed by atoms with van der Waals surface area (Å²) >= 11 is 0. The van der Waals surface area contributed by atoms with E-state index in [1.807, 2.05) is 0 Å². The van der Waals surface area contributed by atoms with E-state index >= 15 is 0 Å². The molecule has 0 saturated carbocycles. The van der Waals surface area contributed by atoms with E-state index in [1.54, 1.807) is 6.07 Å². The summed E-state index contributed by atoms with van der Waals surface area (Å²) in [7, 11) is 1.16. The standard InChI is InChI=1S/C8H7NO3/c1-12-8(11)7(10)6-3-2-4-9-5-6/h2-5H,1H3. The van der Waals surface area contributed by atoms with Gasteiger partial charge in [0, 0.05) is 18.0 Å². The molecule has 0 aliphatic rings. The molecule has 1 heterocycles. The summed E-state index contributed by atoms with van der Waals surface area (Å²) in [5.41, 5.74) is 0.240. The van der Waals surface area contributed by atoms with Crippen LogP contribution in [0.4, 0.5) is 0 Å². The van der Waals surface area contributed by atoms with Gasteiger partial charge in [-0.2, -0.15) is 0 Å². The zero-order chi connectivity index (χ0) is 8.97. The molecule has 0 aliphatic heterocycles. The predicted molar refractivity (Wildman–Crippen MR) is 40.6 cm³/mol. The van der Waals surface area contributed by atoms with Crippen LogP contribution >= 0.6 is 0 Å². The van der Waals surface area contributed by atoms with Gasteiger partial charge in [0.25, 0.3) is 5.78 Å². The molecule has 0 radical (unpaired) electrons. The lowest BCUT2D eigenvalue weighted by Crippen LogP contribution is -2.15. The van der Waals surface area contributed by atoms with E-state index in [-0.39, 0.29) is 5.56 Å². The number of esters is 1. The fraction of sp³-hybridized carbons (Fsp3) is 0.125. The van der Waals surface area contributed by atoms with E-state index in [1.165, 1.54) is 18.5 Å². The van der Waals surface area contributed by atoms with Gasteiger partial charge in [-0.25, -0.2) is 4.79 Å². The van der Waals surface area contributed by atoms with Crippen molar-refractivity contribution in [2.75, 3.05) is 7.11 Å². The fourth-order valence-electron chi connectivity index (χ4n) is 0.708. The minimum absolute atomic E-state index is 0.240. The largest absolute Gasteiger partial charge is 0.463 e. The second-order valence-electron chi connectivity index (χ2n) is 2.06. The first-order valence-corrected chi connectivity index (χ1v) is 3.28. The number of methoxy groups -OCH3 is 1. The summed E-state index contributed by atoms with van der Waals surface area (Å²) in [5, 5.41) is 0. The average Bonchev–Trinajstić information content (AvgIpc) is 2.17. The maximum Gasteiger partial charge on any atom is 0.379 e. The summed E-state index contributed by atoms with van der Waals surface area (Å²) in [4.78, 5) is 25.5. The Labute approximate surface area is 69.2 Å². The molecule has 0 fully saturated rings. The maximum absolute atomic E-state index is 11.1. The lowest BCUT2D eigenvalue weighted by atomic mass is 10.2. The Morgan fingerprint density at radius 2 is 2.25 bits per heavy atom. The summed E-state index contributed by atoms with van der Waals surface area (Å²) in [6, 6.07) is 3.09. The molecule has 1 aromatic heterocycles. The first kappa shape index (κ1) is 8.39. The van der Waals surface area contributed by atoms with Crippen molar-refractivity contribution in [1.29, 1.82) is 0 Å². The Kier molecular flexibility index (Phi) is 2.53. The molecule has 0 aromatic carbocycles. The minimum atomic E-state index is -0.872. The van der Waals surface area contributed by atoms with E-state index in [4.69, 9.17) is 0 Å². The molecular weight excluding hydrogens is 158 g/mol. The number of Topliss-reactive ketones (excluding diaryl/α,β-unsaturated/α-hetero) is 1. The van der Waals surface area contributed by atoms with Crippen LogP contribution < -0.4 is 0 Å². The molecule has 62 valence electrons. The molecule has 0 atom stereocenters. The number of aromatic nitrogens is 1. The zero-order valence-corrected chi connectivity index (χ0v) is 6.48. The van der Waals surface area contributed by atoms with Crippen LogP contribution in [0.5, 0.6) is 0 Å². The smallest absolute Gasteiger partial charge is 0.379 e. The fourth-order valence-corrected chi connectivity index (χ4v) is 0.708. The Morgan fingerprint density at radius 3 is 2.75 bits per heavy atom. The van der Waals surface area contributed by atoms with Gasteiger partial charge in [-0.3, -0.25) is 9.78 Å². The van der Waals surface area contributed by atoms with Gasteiger partial charge in [0.2, 0.25) is 0 Å². The third kappa shape index (κ3) is 1.66. The van der Waals surface area contributed by atoms with Crippen LogP contribution in [0.15, 0.2) is 24.5 Å². The van der Waals surface area contributed by atoms with E-state index in [9.17, 15) is 9.59 Å². The molecule has 1 aromatic rings. The van der Waals surface area contributed by atoms with Gasteiger partial charge in [-0.1, -0.05) is 0 Å². The molecule has 0 spiro atoms. The van der Waals surface area contributed by atoms with E-state index < -0.39 is 11.8 Å². The number of rotatable bonds is 2. The van der Waals surface area contributed by atoms with E-state index in [2.05, 4.69) is 9.72 Å². The Hall–Kier alpha value is -1.71. The first-order chi connectivity index (χ1) is 5.75. The summed E-state index contributed by atoms with van der Waals surface area (Å²) < 4.78 is 4.25. The molecule has 1 rings (SSSR count). The number of carbonyl (C=O) groups is 2. The highest BCUT2D eigenvalue weighted by Gasteiger charge is 2.15. The second-order valence-corrected chi connectivity index (χ2v) is 2.06. The van der Waals surface area contributed by atoms with Crippen molar-refractivity contribution in [3.05, 3.63) is 30.1 Å². The topological polar surface area (TPSA) is 56.3 Å². The third-order valence-corrected chi connectivity index (χ3v) is 1.29. The molecular formula is C8H7NO3. The normalized spacial score (nSPS) is 9.08. The molecule has 0 bridgehead atoms. The highest BCUT2D eigenvalue weighted by atomic mass is 16.5.